The first-order valence-corrected chi connectivity index (χ1v) is 3.87. The first kappa shape index (κ1) is 9.32. The summed E-state index contributed by atoms with van der Waals surface area (Å²) in [6.45, 7) is 0. The molecule has 0 heterocycles. The Labute approximate surface area is 75.8 Å². The molecule has 0 fully saturated rings. The molecule has 0 N–H and O–H groups in total. The maximum Gasteiger partial charge on any atom is 0.306 e. The lowest BCUT2D eigenvalue weighted by Crippen LogP contribution is -1.78. The fraction of sp³-hybridized carbons (Fsp3) is 0. The van der Waals surface area contributed by atoms with E-state index in [2.05, 4.69) is 15.9 Å². The van der Waals surface area contributed by atoms with Crippen molar-refractivity contribution in [2.45, 2.75) is 0 Å². The van der Waals surface area contributed by atoms with E-state index in [4.69, 9.17) is 0 Å². The predicted molar refractivity (Wildman–Crippen MR) is 44.4 cm³/mol. The smallest absolute Gasteiger partial charge is 0.200 e. The summed E-state index contributed by atoms with van der Waals surface area (Å²) in [5, 5.41) is 0. The Balaban J connectivity index is 3.06. The Hall–Kier alpha value is -0.770. The normalized spacial score (nSPS) is 9.67. The van der Waals surface area contributed by atoms with Gasteiger partial charge in [0.2, 0.25) is 0 Å². The van der Waals surface area contributed by atoms with E-state index in [0.29, 0.717) is 0 Å². The zero-order valence-electron chi connectivity index (χ0n) is 5.82. The lowest BCUT2D eigenvalue weighted by atomic mass is 10.2. The maximum atomic E-state index is 12.5. The second kappa shape index (κ2) is 3.76. The van der Waals surface area contributed by atoms with E-state index in [1.54, 1.807) is 0 Å². The van der Waals surface area contributed by atoms with Crippen LogP contribution >= 0.6 is 15.9 Å². The highest BCUT2D eigenvalue weighted by atomic mass is 79.9. The van der Waals surface area contributed by atoms with Gasteiger partial charge in [0, 0.05) is 10.0 Å². The van der Waals surface area contributed by atoms with Crippen molar-refractivity contribution in [3.8, 4) is 0 Å². The third kappa shape index (κ3) is 2.11. The van der Waals surface area contributed by atoms with Gasteiger partial charge in [-0.15, -0.1) is 0 Å². The summed E-state index contributed by atoms with van der Waals surface area (Å²) < 4.78 is 36.6. The monoisotopic (exact) mass is 236 g/mol. The Morgan fingerprint density at radius 1 is 1.00 bits per heavy atom. The standard InChI is InChI=1S/C8H4BrF3/c9-6-3-1-5(2-4-6)7(10)8(11)12/h1-4H. The molecule has 1 rings (SSSR count). The van der Waals surface area contributed by atoms with Crippen molar-refractivity contribution < 1.29 is 13.2 Å². The third-order valence-electron chi connectivity index (χ3n) is 1.26. The van der Waals surface area contributed by atoms with E-state index < -0.39 is 11.9 Å². The average molecular weight is 237 g/mol. The minimum Gasteiger partial charge on any atom is -0.200 e. The maximum absolute atomic E-state index is 12.5. The van der Waals surface area contributed by atoms with Gasteiger partial charge in [-0.3, -0.25) is 0 Å². The van der Waals surface area contributed by atoms with E-state index in [-0.39, 0.29) is 5.56 Å². The van der Waals surface area contributed by atoms with Crippen LogP contribution in [-0.4, -0.2) is 0 Å². The molecule has 0 saturated carbocycles. The molecular weight excluding hydrogens is 233 g/mol. The molecule has 0 atom stereocenters. The molecule has 0 radical (unpaired) electrons. The highest BCUT2D eigenvalue weighted by molar-refractivity contribution is 9.10. The summed E-state index contributed by atoms with van der Waals surface area (Å²) in [5.74, 6) is -1.47. The third-order valence-corrected chi connectivity index (χ3v) is 1.79. The van der Waals surface area contributed by atoms with Gasteiger partial charge < -0.3 is 0 Å². The van der Waals surface area contributed by atoms with E-state index in [9.17, 15) is 13.2 Å². The molecule has 0 aliphatic heterocycles. The number of halogens is 4. The van der Waals surface area contributed by atoms with Crippen molar-refractivity contribution in [3.05, 3.63) is 40.4 Å². The highest BCUT2D eigenvalue weighted by Gasteiger charge is 2.06. The fourth-order valence-corrected chi connectivity index (χ4v) is 0.970. The first-order chi connectivity index (χ1) is 5.61. The van der Waals surface area contributed by atoms with Gasteiger partial charge in [0.25, 0.3) is 0 Å². The van der Waals surface area contributed by atoms with Crippen LogP contribution in [0.15, 0.2) is 34.8 Å². The van der Waals surface area contributed by atoms with Gasteiger partial charge in [-0.1, -0.05) is 28.1 Å². The van der Waals surface area contributed by atoms with Crippen LogP contribution in [0, 0.1) is 0 Å². The number of rotatable bonds is 1. The number of hydrogen-bond donors (Lipinski definition) is 0. The van der Waals surface area contributed by atoms with Gasteiger partial charge in [-0.05, 0) is 12.1 Å². The summed E-state index contributed by atoms with van der Waals surface area (Å²) >= 11 is 3.11. The minimum atomic E-state index is -2.29. The van der Waals surface area contributed by atoms with Crippen LogP contribution in [0.1, 0.15) is 5.56 Å². The van der Waals surface area contributed by atoms with Crippen molar-refractivity contribution in [2.75, 3.05) is 0 Å². The van der Waals surface area contributed by atoms with Gasteiger partial charge in [-0.2, -0.15) is 8.78 Å². The average Bonchev–Trinajstić information content (AvgIpc) is 2.04. The Bertz CT molecular complexity index is 299. The molecule has 0 aromatic heterocycles. The molecule has 0 unspecified atom stereocenters. The zero-order valence-corrected chi connectivity index (χ0v) is 7.41. The summed E-state index contributed by atoms with van der Waals surface area (Å²) in [6.07, 6.45) is -2.29. The lowest BCUT2D eigenvalue weighted by molar-refractivity contribution is 0.410. The van der Waals surface area contributed by atoms with Gasteiger partial charge >= 0.3 is 6.08 Å². The molecule has 12 heavy (non-hydrogen) atoms. The van der Waals surface area contributed by atoms with Crippen LogP contribution in [0.5, 0.6) is 0 Å². The van der Waals surface area contributed by atoms with Crippen molar-refractivity contribution in [1.29, 1.82) is 0 Å². The largest absolute Gasteiger partial charge is 0.306 e. The second-order valence-electron chi connectivity index (χ2n) is 2.08. The zero-order chi connectivity index (χ0) is 9.14. The molecule has 64 valence electrons. The van der Waals surface area contributed by atoms with Crippen LogP contribution in [-0.2, 0) is 0 Å². The molecule has 0 aliphatic rings. The molecule has 0 amide bonds. The van der Waals surface area contributed by atoms with E-state index >= 15 is 0 Å². The summed E-state index contributed by atoms with van der Waals surface area (Å²) in [4.78, 5) is 0. The minimum absolute atomic E-state index is 0.113. The molecule has 1 aromatic carbocycles. The van der Waals surface area contributed by atoms with Crippen molar-refractivity contribution in [2.24, 2.45) is 0 Å². The van der Waals surface area contributed by atoms with Crippen LogP contribution < -0.4 is 0 Å². The molecule has 0 saturated heterocycles. The summed E-state index contributed by atoms with van der Waals surface area (Å²) in [7, 11) is 0. The number of benzene rings is 1. The topological polar surface area (TPSA) is 0 Å². The fourth-order valence-electron chi connectivity index (χ4n) is 0.705. The molecule has 0 bridgehead atoms. The van der Waals surface area contributed by atoms with E-state index in [0.717, 1.165) is 4.47 Å². The van der Waals surface area contributed by atoms with Crippen molar-refractivity contribution in [3.63, 3.8) is 0 Å². The molecular formula is C8H4BrF3. The Kier molecular flexibility index (Phi) is 2.92. The van der Waals surface area contributed by atoms with Crippen LogP contribution in [0.2, 0.25) is 0 Å². The molecule has 0 nitrogen and oxygen atoms in total. The predicted octanol–water partition coefficient (Wildman–Crippen LogP) is 3.98. The Morgan fingerprint density at radius 3 is 1.92 bits per heavy atom. The Morgan fingerprint density at radius 2 is 1.50 bits per heavy atom. The van der Waals surface area contributed by atoms with Crippen LogP contribution in [0.3, 0.4) is 0 Å². The molecule has 0 aliphatic carbocycles. The SMILES string of the molecule is FC(F)=C(F)c1ccc(Br)cc1. The quantitative estimate of drug-likeness (QED) is 0.692. The molecule has 4 heteroatoms. The first-order valence-electron chi connectivity index (χ1n) is 3.08. The number of hydrogen-bond acceptors (Lipinski definition) is 0. The summed E-state index contributed by atoms with van der Waals surface area (Å²) in [6, 6.07) is 5.55. The summed E-state index contributed by atoms with van der Waals surface area (Å²) in [5.41, 5.74) is -0.113. The molecule has 0 spiro atoms. The second-order valence-corrected chi connectivity index (χ2v) is 3.00. The van der Waals surface area contributed by atoms with Crippen molar-refractivity contribution >= 4 is 21.8 Å². The van der Waals surface area contributed by atoms with E-state index in [1.807, 2.05) is 0 Å². The van der Waals surface area contributed by atoms with Crippen molar-refractivity contribution in [1.82, 2.24) is 0 Å². The van der Waals surface area contributed by atoms with Gasteiger partial charge in [0.1, 0.15) is 0 Å². The lowest BCUT2D eigenvalue weighted by Gasteiger charge is -1.95. The van der Waals surface area contributed by atoms with E-state index in [1.165, 1.54) is 24.3 Å². The van der Waals surface area contributed by atoms with Gasteiger partial charge in [0.05, 0.1) is 0 Å². The van der Waals surface area contributed by atoms with Crippen LogP contribution in [0.25, 0.3) is 5.83 Å². The molecule has 1 aromatic rings. The van der Waals surface area contributed by atoms with Gasteiger partial charge in [0.15, 0.2) is 5.83 Å². The highest BCUT2D eigenvalue weighted by Crippen LogP contribution is 2.23. The van der Waals surface area contributed by atoms with Crippen LogP contribution in [0.4, 0.5) is 13.2 Å². The van der Waals surface area contributed by atoms with Gasteiger partial charge in [-0.25, -0.2) is 4.39 Å².